The average molecular weight is 572 g/mol. The van der Waals surface area contributed by atoms with Crippen LogP contribution in [0, 0.1) is 6.92 Å². The van der Waals surface area contributed by atoms with E-state index in [1.54, 1.807) is 12.4 Å². The fraction of sp³-hybridized carbons (Fsp3) is 0.467. The van der Waals surface area contributed by atoms with Crippen molar-refractivity contribution in [3.63, 3.8) is 0 Å². The van der Waals surface area contributed by atoms with Gasteiger partial charge >= 0.3 is 11.8 Å². The molecule has 12 nitrogen and oxygen atoms in total. The van der Waals surface area contributed by atoms with Crippen LogP contribution >= 0.6 is 0 Å². The highest BCUT2D eigenvalue weighted by molar-refractivity contribution is 5.89. The van der Waals surface area contributed by atoms with Crippen LogP contribution in [0.1, 0.15) is 79.5 Å². The molecule has 0 bridgehead atoms. The molecule has 3 N–H and O–H groups in total. The minimum Gasteiger partial charge on any atom is -0.416 e. The molecule has 5 heterocycles. The van der Waals surface area contributed by atoms with Gasteiger partial charge in [-0.1, -0.05) is 32.9 Å². The van der Waals surface area contributed by atoms with Crippen molar-refractivity contribution in [2.24, 2.45) is 0 Å². The number of fused-ring (bicyclic) bond motifs is 1. The van der Waals surface area contributed by atoms with Crippen molar-refractivity contribution in [1.82, 2.24) is 40.6 Å². The lowest BCUT2D eigenvalue weighted by atomic mass is 9.96. The maximum Gasteiger partial charge on any atom is 0.309 e. The molecule has 3 aromatic heterocycles. The Labute approximate surface area is 244 Å². The molecule has 0 radical (unpaired) electrons. The van der Waals surface area contributed by atoms with Crippen molar-refractivity contribution in [2.45, 2.75) is 71.0 Å². The van der Waals surface area contributed by atoms with E-state index in [4.69, 9.17) is 14.1 Å². The molecule has 0 saturated carbocycles. The lowest BCUT2D eigenvalue weighted by Gasteiger charge is -2.33. The summed E-state index contributed by atoms with van der Waals surface area (Å²) in [6.45, 7) is 11.0. The number of ether oxygens (including phenoxy) is 1. The molecule has 4 aromatic rings. The number of aromatic amines is 1. The molecule has 0 aliphatic carbocycles. The Bertz CT molecular complexity index is 1550. The number of hydrogen-bond acceptors (Lipinski definition) is 10. The van der Waals surface area contributed by atoms with Gasteiger partial charge in [-0.15, -0.1) is 10.2 Å². The number of hydrogen-bond donors (Lipinski definition) is 3. The first-order chi connectivity index (χ1) is 20.2. The van der Waals surface area contributed by atoms with Crippen LogP contribution in [0.2, 0.25) is 0 Å². The largest absolute Gasteiger partial charge is 0.416 e. The molecule has 1 atom stereocenters. The molecule has 1 aromatic carbocycles. The van der Waals surface area contributed by atoms with Crippen molar-refractivity contribution in [3.8, 4) is 11.3 Å². The second-order valence-corrected chi connectivity index (χ2v) is 12.0. The number of carbonyl (C=O) groups excluding carboxylic acids is 1. The van der Waals surface area contributed by atoms with Gasteiger partial charge in [0.25, 0.3) is 0 Å². The topological polar surface area (TPSA) is 147 Å². The Balaban J connectivity index is 1.29. The molecule has 2 aliphatic rings. The summed E-state index contributed by atoms with van der Waals surface area (Å²) in [7, 11) is 0. The summed E-state index contributed by atoms with van der Waals surface area (Å²) < 4.78 is 11.4. The second kappa shape index (κ2) is 11.6. The zero-order chi connectivity index (χ0) is 29.3. The third kappa shape index (κ3) is 6.04. The molecular weight excluding hydrogens is 534 g/mol. The predicted molar refractivity (Wildman–Crippen MR) is 156 cm³/mol. The van der Waals surface area contributed by atoms with Crippen molar-refractivity contribution in [1.29, 1.82) is 0 Å². The summed E-state index contributed by atoms with van der Waals surface area (Å²) in [5, 5.41) is 21.6. The van der Waals surface area contributed by atoms with Crippen molar-refractivity contribution in [3.05, 3.63) is 65.3 Å². The van der Waals surface area contributed by atoms with E-state index in [0.717, 1.165) is 79.3 Å². The van der Waals surface area contributed by atoms with Gasteiger partial charge in [-0.3, -0.25) is 14.8 Å². The van der Waals surface area contributed by atoms with Gasteiger partial charge < -0.3 is 19.8 Å². The van der Waals surface area contributed by atoms with Crippen molar-refractivity contribution in [2.75, 3.05) is 25.1 Å². The summed E-state index contributed by atoms with van der Waals surface area (Å²) in [5.41, 5.74) is 5.35. The third-order valence-corrected chi connectivity index (χ3v) is 7.90. The van der Waals surface area contributed by atoms with E-state index < -0.39 is 0 Å². The number of rotatable bonds is 6. The summed E-state index contributed by atoms with van der Waals surface area (Å²) >= 11 is 0. The zero-order valence-corrected chi connectivity index (χ0v) is 24.5. The zero-order valence-electron chi connectivity index (χ0n) is 24.5. The number of carbonyl (C=O) groups is 1. The molecule has 12 heteroatoms. The van der Waals surface area contributed by atoms with Crippen LogP contribution in [-0.4, -0.2) is 67.0 Å². The first-order valence-electron chi connectivity index (χ1n) is 14.4. The van der Waals surface area contributed by atoms with Gasteiger partial charge in [0.15, 0.2) is 0 Å². The Morgan fingerprint density at radius 2 is 1.95 bits per heavy atom. The van der Waals surface area contributed by atoms with Gasteiger partial charge in [0.2, 0.25) is 11.8 Å². The molecule has 0 unspecified atom stereocenters. The molecule has 1 saturated heterocycles. The first kappa shape index (κ1) is 28.0. The standard InChI is InChI=1S/C30H37N9O3/c1-18-25(16-32-36-18)35-29-31-11-7-23(34-29)19-5-6-22-20(15-19)17-39(21-9-13-41-14-10-21)12-8-24(22)33-26(40)27-37-38-28(42-27)30(2,3)4/h5-7,11,15-16,21,24H,8-10,12-14,17H2,1-4H3,(H,32,36)(H,33,40)(H,31,34,35)/t24-/m1/s1. The minimum absolute atomic E-state index is 0.0162. The van der Waals surface area contributed by atoms with Crippen LogP contribution in [0.25, 0.3) is 11.3 Å². The predicted octanol–water partition coefficient (Wildman–Crippen LogP) is 4.46. The number of nitrogens with zero attached hydrogens (tertiary/aromatic N) is 6. The summed E-state index contributed by atoms with van der Waals surface area (Å²) in [4.78, 5) is 25.0. The van der Waals surface area contributed by atoms with Crippen molar-refractivity contribution < 1.29 is 13.9 Å². The van der Waals surface area contributed by atoms with Gasteiger partial charge in [0.05, 0.1) is 23.1 Å². The van der Waals surface area contributed by atoms with E-state index in [2.05, 4.69) is 59.1 Å². The lowest BCUT2D eigenvalue weighted by molar-refractivity contribution is 0.0309. The Kier molecular flexibility index (Phi) is 7.74. The van der Waals surface area contributed by atoms with Crippen LogP contribution in [0.4, 0.5) is 11.6 Å². The highest BCUT2D eigenvalue weighted by atomic mass is 16.5. The monoisotopic (exact) mass is 571 g/mol. The number of nitrogens with one attached hydrogen (secondary N) is 3. The van der Waals surface area contributed by atoms with E-state index in [0.29, 0.717) is 17.9 Å². The number of H-pyrrole nitrogens is 1. The Hall–Kier alpha value is -4.16. The molecular formula is C30H37N9O3. The summed E-state index contributed by atoms with van der Waals surface area (Å²) in [6.07, 6.45) is 6.29. The number of anilines is 2. The molecule has 220 valence electrons. The number of aromatic nitrogens is 6. The van der Waals surface area contributed by atoms with Gasteiger partial charge in [-0.2, -0.15) is 5.10 Å². The lowest BCUT2D eigenvalue weighted by Crippen LogP contribution is -2.39. The smallest absolute Gasteiger partial charge is 0.309 e. The van der Waals surface area contributed by atoms with Crippen LogP contribution in [-0.2, 0) is 16.7 Å². The van der Waals surface area contributed by atoms with Gasteiger partial charge in [0.1, 0.15) is 0 Å². The van der Waals surface area contributed by atoms with Crippen LogP contribution in [0.15, 0.2) is 41.1 Å². The molecule has 1 amide bonds. The third-order valence-electron chi connectivity index (χ3n) is 7.90. The van der Waals surface area contributed by atoms with E-state index in [1.165, 1.54) is 0 Å². The minimum atomic E-state index is -0.362. The highest BCUT2D eigenvalue weighted by Gasteiger charge is 2.31. The van der Waals surface area contributed by atoms with Gasteiger partial charge in [-0.25, -0.2) is 9.97 Å². The van der Waals surface area contributed by atoms with Crippen LogP contribution < -0.4 is 10.6 Å². The fourth-order valence-corrected chi connectivity index (χ4v) is 5.53. The molecule has 0 spiro atoms. The SMILES string of the molecule is Cc1n[nH]cc1Nc1nccc(-c2ccc3c(c2)CN(C2CCOCC2)CC[C@H]3NC(=O)c2nnc(C(C)(C)C)o2)n1. The molecule has 6 rings (SSSR count). The van der Waals surface area contributed by atoms with Gasteiger partial charge in [-0.05, 0) is 49.4 Å². The Morgan fingerprint density at radius 1 is 1.12 bits per heavy atom. The van der Waals surface area contributed by atoms with Crippen LogP contribution in [0.5, 0.6) is 0 Å². The summed E-state index contributed by atoms with van der Waals surface area (Å²) in [6, 6.07) is 8.48. The molecule has 2 aliphatic heterocycles. The van der Waals surface area contributed by atoms with Crippen molar-refractivity contribution >= 4 is 17.5 Å². The van der Waals surface area contributed by atoms with E-state index in [-0.39, 0.29) is 23.3 Å². The number of amides is 1. The van der Waals surface area contributed by atoms with Gasteiger partial charge in [0, 0.05) is 55.7 Å². The maximum absolute atomic E-state index is 13.3. The normalized spacial score (nSPS) is 18.3. The maximum atomic E-state index is 13.3. The number of aryl methyl sites for hydroxylation is 1. The first-order valence-corrected chi connectivity index (χ1v) is 14.4. The Morgan fingerprint density at radius 3 is 2.69 bits per heavy atom. The van der Waals surface area contributed by atoms with E-state index >= 15 is 0 Å². The quantitative estimate of drug-likeness (QED) is 0.303. The molecule has 42 heavy (non-hydrogen) atoms. The number of benzene rings is 1. The highest BCUT2D eigenvalue weighted by Crippen LogP contribution is 2.33. The van der Waals surface area contributed by atoms with E-state index in [9.17, 15) is 4.79 Å². The second-order valence-electron chi connectivity index (χ2n) is 12.0. The fourth-order valence-electron chi connectivity index (χ4n) is 5.53. The van der Waals surface area contributed by atoms with Crippen LogP contribution in [0.3, 0.4) is 0 Å². The van der Waals surface area contributed by atoms with E-state index in [1.807, 2.05) is 33.8 Å². The molecule has 1 fully saturated rings. The average Bonchev–Trinajstić information content (AvgIpc) is 3.61. The summed E-state index contributed by atoms with van der Waals surface area (Å²) in [5.74, 6) is 0.553.